The zero-order valence-electron chi connectivity index (χ0n) is 21.6. The molecule has 2 heteroatoms. The molecule has 0 spiro atoms. The number of ether oxygens (including phenoxy) is 1. The maximum absolute atomic E-state index is 11.5. The first-order valence-corrected chi connectivity index (χ1v) is 13.3. The maximum atomic E-state index is 11.5. The smallest absolute Gasteiger partial charge is 0.302 e. The van der Waals surface area contributed by atoms with Crippen LogP contribution in [0.25, 0.3) is 0 Å². The standard InChI is InChI=1S/C30H46O2/c1-19(2)20(3)8-9-21(4)26-12-13-27-25-11-10-23-18-24(32-22(5)31)14-16-29(23,6)28(25)15-17-30(26,27)7/h8-9,11,15,19-21,23-24,26-27H,10,12-14,16-18H2,1-7H3/b9-8+/t20-,21+,23-,24+,26-,27-,29-,30-/m0/s1. The van der Waals surface area contributed by atoms with Crippen LogP contribution in [-0.2, 0) is 9.53 Å². The van der Waals surface area contributed by atoms with Crippen molar-refractivity contribution in [1.82, 2.24) is 0 Å². The zero-order valence-corrected chi connectivity index (χ0v) is 21.6. The van der Waals surface area contributed by atoms with E-state index in [4.69, 9.17) is 4.74 Å². The first kappa shape index (κ1) is 23.8. The van der Waals surface area contributed by atoms with Crippen molar-refractivity contribution in [3.8, 4) is 0 Å². The number of fused-ring (bicyclic) bond motifs is 5. The van der Waals surface area contributed by atoms with E-state index >= 15 is 0 Å². The van der Waals surface area contributed by atoms with Gasteiger partial charge in [0.1, 0.15) is 6.10 Å². The van der Waals surface area contributed by atoms with Gasteiger partial charge in [-0.1, -0.05) is 65.8 Å². The maximum Gasteiger partial charge on any atom is 0.302 e. The van der Waals surface area contributed by atoms with Crippen LogP contribution >= 0.6 is 0 Å². The van der Waals surface area contributed by atoms with Crippen LogP contribution in [0.4, 0.5) is 0 Å². The Morgan fingerprint density at radius 3 is 2.53 bits per heavy atom. The minimum Gasteiger partial charge on any atom is -0.463 e. The number of carbonyl (C=O) groups is 1. The molecule has 0 amide bonds. The van der Waals surface area contributed by atoms with Gasteiger partial charge in [0.05, 0.1) is 0 Å². The summed E-state index contributed by atoms with van der Waals surface area (Å²) < 4.78 is 5.62. The highest BCUT2D eigenvalue weighted by Crippen LogP contribution is 2.64. The highest BCUT2D eigenvalue weighted by Gasteiger charge is 2.55. The average Bonchev–Trinajstić information content (AvgIpc) is 3.08. The van der Waals surface area contributed by atoms with Gasteiger partial charge in [-0.15, -0.1) is 0 Å². The van der Waals surface area contributed by atoms with Gasteiger partial charge in [0.15, 0.2) is 0 Å². The number of allylic oxidation sites excluding steroid dienone is 6. The van der Waals surface area contributed by atoms with E-state index < -0.39 is 0 Å². The van der Waals surface area contributed by atoms with Gasteiger partial charge in [0.25, 0.3) is 0 Å². The van der Waals surface area contributed by atoms with Gasteiger partial charge in [-0.2, -0.15) is 0 Å². The molecule has 0 aromatic rings. The van der Waals surface area contributed by atoms with Gasteiger partial charge in [-0.3, -0.25) is 4.79 Å². The van der Waals surface area contributed by atoms with Crippen molar-refractivity contribution < 1.29 is 9.53 Å². The summed E-state index contributed by atoms with van der Waals surface area (Å²) in [6.07, 6.45) is 18.6. The molecule has 0 heterocycles. The molecule has 32 heavy (non-hydrogen) atoms. The lowest BCUT2D eigenvalue weighted by Gasteiger charge is -2.53. The van der Waals surface area contributed by atoms with Crippen molar-refractivity contribution in [3.05, 3.63) is 35.5 Å². The third-order valence-electron chi connectivity index (χ3n) is 10.3. The van der Waals surface area contributed by atoms with Gasteiger partial charge in [-0.05, 0) is 102 Å². The van der Waals surface area contributed by atoms with E-state index in [9.17, 15) is 4.79 Å². The molecule has 0 N–H and O–H groups in total. The molecular formula is C30H46O2. The molecule has 4 aliphatic rings. The molecule has 0 aliphatic heterocycles. The molecule has 4 aliphatic carbocycles. The van der Waals surface area contributed by atoms with E-state index in [0.29, 0.717) is 29.1 Å². The fourth-order valence-corrected chi connectivity index (χ4v) is 7.76. The molecule has 4 rings (SSSR count). The van der Waals surface area contributed by atoms with Crippen LogP contribution in [-0.4, -0.2) is 12.1 Å². The molecule has 0 bridgehead atoms. The van der Waals surface area contributed by atoms with Gasteiger partial charge >= 0.3 is 5.97 Å². The minimum atomic E-state index is -0.124. The molecule has 178 valence electrons. The summed E-state index contributed by atoms with van der Waals surface area (Å²) in [6.45, 7) is 16.1. The van der Waals surface area contributed by atoms with Crippen LogP contribution in [0.5, 0.6) is 0 Å². The second kappa shape index (κ2) is 8.80. The summed E-state index contributed by atoms with van der Waals surface area (Å²) in [7, 11) is 0. The Morgan fingerprint density at radius 2 is 1.84 bits per heavy atom. The van der Waals surface area contributed by atoms with Crippen molar-refractivity contribution in [2.24, 2.45) is 46.3 Å². The SMILES string of the molecule is CC(=O)O[C@@H]1CC[C@]2(C)C3=CC[C@]4(C)[C@@H](CC[C@H]4[C@H](C)/C=C/[C@H](C)C(C)C)C3=CC[C@H]2C1. The van der Waals surface area contributed by atoms with Crippen LogP contribution in [0.3, 0.4) is 0 Å². The molecule has 0 aromatic heterocycles. The number of esters is 1. The lowest BCUT2D eigenvalue weighted by atomic mass is 9.51. The Hall–Kier alpha value is -1.31. The summed E-state index contributed by atoms with van der Waals surface area (Å²) in [5.74, 6) is 3.98. The van der Waals surface area contributed by atoms with E-state index in [2.05, 4.69) is 65.8 Å². The molecule has 8 atom stereocenters. The van der Waals surface area contributed by atoms with Crippen LogP contribution < -0.4 is 0 Å². The molecule has 0 aromatic carbocycles. The van der Waals surface area contributed by atoms with E-state index in [1.165, 1.54) is 19.3 Å². The van der Waals surface area contributed by atoms with Crippen LogP contribution in [0.15, 0.2) is 35.5 Å². The molecule has 2 nitrogen and oxygen atoms in total. The Bertz CT molecular complexity index is 817. The third kappa shape index (κ3) is 4.05. The van der Waals surface area contributed by atoms with Gasteiger partial charge < -0.3 is 4.74 Å². The van der Waals surface area contributed by atoms with Gasteiger partial charge in [0.2, 0.25) is 0 Å². The first-order valence-electron chi connectivity index (χ1n) is 13.3. The second-order valence-electron chi connectivity index (χ2n) is 12.4. The summed E-state index contributed by atoms with van der Waals surface area (Å²) in [6, 6.07) is 0. The largest absolute Gasteiger partial charge is 0.463 e. The molecular weight excluding hydrogens is 392 g/mol. The zero-order chi connectivity index (χ0) is 23.3. The monoisotopic (exact) mass is 438 g/mol. The van der Waals surface area contributed by atoms with Crippen molar-refractivity contribution in [2.75, 3.05) is 0 Å². The Balaban J connectivity index is 1.54. The molecule has 2 saturated carbocycles. The third-order valence-corrected chi connectivity index (χ3v) is 10.3. The summed E-state index contributed by atoms with van der Waals surface area (Å²) in [4.78, 5) is 11.5. The average molecular weight is 439 g/mol. The molecule has 0 unspecified atom stereocenters. The second-order valence-corrected chi connectivity index (χ2v) is 12.4. The molecule has 2 fully saturated rings. The molecule has 0 saturated heterocycles. The van der Waals surface area contributed by atoms with Crippen molar-refractivity contribution >= 4 is 5.97 Å². The van der Waals surface area contributed by atoms with Crippen molar-refractivity contribution in [3.63, 3.8) is 0 Å². The van der Waals surface area contributed by atoms with Crippen LogP contribution in [0, 0.1) is 46.3 Å². The fraction of sp³-hybridized carbons (Fsp3) is 0.767. The predicted octanol–water partition coefficient (Wildman–Crippen LogP) is 7.90. The topological polar surface area (TPSA) is 26.3 Å². The van der Waals surface area contributed by atoms with Gasteiger partial charge in [0, 0.05) is 6.92 Å². The number of hydrogen-bond acceptors (Lipinski definition) is 2. The number of hydrogen-bond donors (Lipinski definition) is 0. The quantitative estimate of drug-likeness (QED) is 0.322. The highest BCUT2D eigenvalue weighted by atomic mass is 16.5. The van der Waals surface area contributed by atoms with Crippen molar-refractivity contribution in [2.45, 2.75) is 99.5 Å². The van der Waals surface area contributed by atoms with Crippen molar-refractivity contribution in [1.29, 1.82) is 0 Å². The Labute approximate surface area is 197 Å². The Kier molecular flexibility index (Phi) is 6.56. The van der Waals surface area contributed by atoms with E-state index in [-0.39, 0.29) is 17.5 Å². The lowest BCUT2D eigenvalue weighted by molar-refractivity contribution is -0.150. The van der Waals surface area contributed by atoms with Crippen LogP contribution in [0.1, 0.15) is 93.4 Å². The fourth-order valence-electron chi connectivity index (χ4n) is 7.76. The lowest BCUT2D eigenvalue weighted by Crippen LogP contribution is -2.45. The summed E-state index contributed by atoms with van der Waals surface area (Å²) in [5.41, 5.74) is 4.00. The minimum absolute atomic E-state index is 0.117. The summed E-state index contributed by atoms with van der Waals surface area (Å²) >= 11 is 0. The van der Waals surface area contributed by atoms with E-state index in [1.807, 2.05) is 0 Å². The molecule has 0 radical (unpaired) electrons. The van der Waals surface area contributed by atoms with E-state index in [0.717, 1.165) is 37.5 Å². The normalized spacial score (nSPS) is 40.8. The highest BCUT2D eigenvalue weighted by molar-refractivity contribution is 5.66. The first-order chi connectivity index (χ1) is 15.1. The van der Waals surface area contributed by atoms with Crippen LogP contribution in [0.2, 0.25) is 0 Å². The Morgan fingerprint density at radius 1 is 1.09 bits per heavy atom. The number of carbonyl (C=O) groups excluding carboxylic acids is 1. The number of rotatable bonds is 5. The summed E-state index contributed by atoms with van der Waals surface area (Å²) in [5, 5.41) is 0. The van der Waals surface area contributed by atoms with E-state index in [1.54, 1.807) is 18.1 Å². The predicted molar refractivity (Wildman–Crippen MR) is 133 cm³/mol. The van der Waals surface area contributed by atoms with Gasteiger partial charge in [-0.25, -0.2) is 0 Å².